The first-order valence-corrected chi connectivity index (χ1v) is 10.9. The van der Waals surface area contributed by atoms with Crippen molar-refractivity contribution in [3.63, 3.8) is 0 Å². The largest absolute Gasteiger partial charge is 0.495 e. The highest BCUT2D eigenvalue weighted by Crippen LogP contribution is 2.40. The zero-order chi connectivity index (χ0) is 22.5. The van der Waals surface area contributed by atoms with Crippen LogP contribution in [0.1, 0.15) is 36.3 Å². The number of pyridine rings is 1. The van der Waals surface area contributed by atoms with Crippen LogP contribution >= 0.6 is 12.2 Å². The number of rotatable bonds is 8. The molecular weight excluding hydrogens is 424 g/mol. The summed E-state index contributed by atoms with van der Waals surface area (Å²) in [7, 11) is 3.08. The summed E-state index contributed by atoms with van der Waals surface area (Å²) in [5.74, 6) is 0.559. The van der Waals surface area contributed by atoms with Gasteiger partial charge in [-0.3, -0.25) is 9.78 Å². The molecule has 1 aliphatic rings. The smallest absolute Gasteiger partial charge is 0.305 e. The fraction of sp³-hybridized carbons (Fsp3) is 0.292. The molecule has 0 bridgehead atoms. The van der Waals surface area contributed by atoms with Crippen LogP contribution in [0.3, 0.4) is 0 Å². The highest BCUT2D eigenvalue weighted by molar-refractivity contribution is 7.80. The fourth-order valence-electron chi connectivity index (χ4n) is 4.15. The summed E-state index contributed by atoms with van der Waals surface area (Å²) in [4.78, 5) is 18.4. The molecule has 3 aromatic rings. The number of benzene rings is 1. The number of carbonyl (C=O) groups excluding carboxylic acids is 1. The number of nitrogens with one attached hydrogen (secondary N) is 1. The predicted molar refractivity (Wildman–Crippen MR) is 126 cm³/mol. The lowest BCUT2D eigenvalue weighted by Gasteiger charge is -2.29. The SMILES string of the molecule is COC(=O)CCCN1C(=S)N[C@H](c2ccccn2)[C@H]1c1cccn1-c1ccccc1OC. The zero-order valence-electron chi connectivity index (χ0n) is 18.1. The van der Waals surface area contributed by atoms with E-state index >= 15 is 0 Å². The molecule has 1 aromatic carbocycles. The number of para-hydroxylation sites is 2. The normalized spacial score (nSPS) is 17.8. The number of methoxy groups -OCH3 is 2. The molecule has 2 aromatic heterocycles. The van der Waals surface area contributed by atoms with Gasteiger partial charge in [0.15, 0.2) is 5.11 Å². The van der Waals surface area contributed by atoms with Crippen LogP contribution in [0.5, 0.6) is 5.75 Å². The third-order valence-corrected chi connectivity index (χ3v) is 5.99. The summed E-state index contributed by atoms with van der Waals surface area (Å²) in [5.41, 5.74) is 2.90. The first kappa shape index (κ1) is 21.8. The third kappa shape index (κ3) is 4.31. The first-order valence-electron chi connectivity index (χ1n) is 10.5. The number of carbonyl (C=O) groups is 1. The number of nitrogens with zero attached hydrogens (tertiary/aromatic N) is 3. The highest BCUT2D eigenvalue weighted by atomic mass is 32.1. The van der Waals surface area contributed by atoms with E-state index in [1.54, 1.807) is 13.3 Å². The van der Waals surface area contributed by atoms with E-state index in [9.17, 15) is 4.79 Å². The van der Waals surface area contributed by atoms with E-state index in [4.69, 9.17) is 21.7 Å². The molecule has 0 radical (unpaired) electrons. The van der Waals surface area contributed by atoms with Gasteiger partial charge in [0.25, 0.3) is 0 Å². The van der Waals surface area contributed by atoms with E-state index in [1.165, 1.54) is 7.11 Å². The summed E-state index contributed by atoms with van der Waals surface area (Å²) < 4.78 is 12.5. The number of aromatic nitrogens is 2. The Morgan fingerprint density at radius 3 is 2.69 bits per heavy atom. The van der Waals surface area contributed by atoms with Gasteiger partial charge in [0.1, 0.15) is 5.75 Å². The Balaban J connectivity index is 1.74. The maximum absolute atomic E-state index is 11.7. The lowest BCUT2D eigenvalue weighted by molar-refractivity contribution is -0.140. The molecular formula is C24H26N4O3S. The van der Waals surface area contributed by atoms with E-state index in [0.29, 0.717) is 24.5 Å². The third-order valence-electron chi connectivity index (χ3n) is 5.63. The summed E-state index contributed by atoms with van der Waals surface area (Å²) in [6.07, 6.45) is 4.78. The fourth-order valence-corrected chi connectivity index (χ4v) is 4.48. The van der Waals surface area contributed by atoms with Gasteiger partial charge in [-0.1, -0.05) is 18.2 Å². The molecule has 32 heavy (non-hydrogen) atoms. The Hall–Kier alpha value is -3.39. The van der Waals surface area contributed by atoms with Crippen LogP contribution in [0.15, 0.2) is 67.0 Å². The van der Waals surface area contributed by atoms with Crippen molar-refractivity contribution in [1.82, 2.24) is 19.8 Å². The molecule has 1 fully saturated rings. The molecule has 0 amide bonds. The summed E-state index contributed by atoms with van der Waals surface area (Å²) in [6.45, 7) is 0.617. The Morgan fingerprint density at radius 2 is 1.94 bits per heavy atom. The van der Waals surface area contributed by atoms with Gasteiger partial charge in [-0.05, 0) is 55.0 Å². The minimum atomic E-state index is -0.224. The van der Waals surface area contributed by atoms with Crippen LogP contribution < -0.4 is 10.1 Å². The van der Waals surface area contributed by atoms with Crippen molar-refractivity contribution in [2.45, 2.75) is 24.9 Å². The second kappa shape index (κ2) is 9.82. The average molecular weight is 451 g/mol. The van der Waals surface area contributed by atoms with Crippen molar-refractivity contribution >= 4 is 23.3 Å². The maximum atomic E-state index is 11.7. The Labute approximate surface area is 193 Å². The monoisotopic (exact) mass is 450 g/mol. The predicted octanol–water partition coefficient (Wildman–Crippen LogP) is 3.81. The van der Waals surface area contributed by atoms with Crippen LogP contribution in [0.2, 0.25) is 0 Å². The zero-order valence-corrected chi connectivity index (χ0v) is 18.9. The van der Waals surface area contributed by atoms with Gasteiger partial charge in [-0.15, -0.1) is 0 Å². The van der Waals surface area contributed by atoms with E-state index in [1.807, 2.05) is 54.7 Å². The van der Waals surface area contributed by atoms with Gasteiger partial charge in [-0.2, -0.15) is 0 Å². The van der Waals surface area contributed by atoms with Gasteiger partial charge in [-0.25, -0.2) is 0 Å². The number of hydrogen-bond acceptors (Lipinski definition) is 5. The summed E-state index contributed by atoms with van der Waals surface area (Å²) >= 11 is 5.72. The first-order chi connectivity index (χ1) is 15.6. The molecule has 0 saturated carbocycles. The molecule has 4 rings (SSSR count). The van der Waals surface area contributed by atoms with Gasteiger partial charge in [0, 0.05) is 31.1 Å². The molecule has 0 aliphatic carbocycles. The summed E-state index contributed by atoms with van der Waals surface area (Å²) in [6, 6.07) is 17.7. The molecule has 7 nitrogen and oxygen atoms in total. The van der Waals surface area contributed by atoms with E-state index < -0.39 is 0 Å². The maximum Gasteiger partial charge on any atom is 0.305 e. The minimum absolute atomic E-state index is 0.116. The lowest BCUT2D eigenvalue weighted by Crippen LogP contribution is -2.31. The quantitative estimate of drug-likeness (QED) is 0.413. The minimum Gasteiger partial charge on any atom is -0.495 e. The molecule has 3 heterocycles. The topological polar surface area (TPSA) is 68.6 Å². The van der Waals surface area contributed by atoms with Gasteiger partial charge in [0.05, 0.1) is 37.7 Å². The number of esters is 1. The highest BCUT2D eigenvalue weighted by Gasteiger charge is 2.41. The van der Waals surface area contributed by atoms with E-state index in [-0.39, 0.29) is 18.1 Å². The van der Waals surface area contributed by atoms with Crippen molar-refractivity contribution in [2.24, 2.45) is 0 Å². The molecule has 166 valence electrons. The van der Waals surface area contributed by atoms with Crippen molar-refractivity contribution in [1.29, 1.82) is 0 Å². The second-order valence-corrected chi connectivity index (χ2v) is 7.86. The Morgan fingerprint density at radius 1 is 1.12 bits per heavy atom. The van der Waals surface area contributed by atoms with Crippen LogP contribution in [-0.2, 0) is 9.53 Å². The molecule has 2 atom stereocenters. The van der Waals surface area contributed by atoms with Crippen molar-refractivity contribution in [2.75, 3.05) is 20.8 Å². The van der Waals surface area contributed by atoms with Crippen LogP contribution in [-0.4, -0.2) is 46.3 Å². The molecule has 1 saturated heterocycles. The van der Waals surface area contributed by atoms with E-state index in [0.717, 1.165) is 22.8 Å². The number of hydrogen-bond donors (Lipinski definition) is 1. The molecule has 8 heteroatoms. The van der Waals surface area contributed by atoms with Crippen LogP contribution in [0.4, 0.5) is 0 Å². The van der Waals surface area contributed by atoms with Crippen LogP contribution in [0.25, 0.3) is 5.69 Å². The van der Waals surface area contributed by atoms with Crippen molar-refractivity contribution in [3.8, 4) is 11.4 Å². The molecule has 0 spiro atoms. The standard InChI is InChI=1S/C24H26N4O3S/c1-30-20-12-4-3-10-18(20)27-15-7-11-19(27)23-22(17-9-5-6-14-25-17)26-24(32)28(23)16-8-13-21(29)31-2/h3-7,9-12,14-15,22-23H,8,13,16H2,1-2H3,(H,26,32)/t22-,23-/m1/s1. The van der Waals surface area contributed by atoms with Crippen molar-refractivity contribution in [3.05, 3.63) is 78.4 Å². The average Bonchev–Trinajstić information content (AvgIpc) is 3.43. The second-order valence-electron chi connectivity index (χ2n) is 7.47. The van der Waals surface area contributed by atoms with E-state index in [2.05, 4.69) is 25.8 Å². The van der Waals surface area contributed by atoms with Gasteiger partial charge < -0.3 is 24.3 Å². The Bertz CT molecular complexity index is 1090. The number of ether oxygens (including phenoxy) is 2. The van der Waals surface area contributed by atoms with Crippen LogP contribution in [0, 0.1) is 0 Å². The van der Waals surface area contributed by atoms with Gasteiger partial charge in [0.2, 0.25) is 0 Å². The Kier molecular flexibility index (Phi) is 6.70. The molecule has 0 unspecified atom stereocenters. The number of thiocarbonyl (C=S) groups is 1. The molecule has 1 N–H and O–H groups in total. The van der Waals surface area contributed by atoms with Gasteiger partial charge >= 0.3 is 5.97 Å². The molecule has 1 aliphatic heterocycles. The lowest BCUT2D eigenvalue weighted by atomic mass is 10.0. The van der Waals surface area contributed by atoms with Crippen molar-refractivity contribution < 1.29 is 14.3 Å². The summed E-state index contributed by atoms with van der Waals surface area (Å²) in [5, 5.41) is 4.09.